The molecule has 2 aromatic rings. The van der Waals surface area contributed by atoms with Gasteiger partial charge in [-0.25, -0.2) is 14.8 Å². The number of hydrogen-bond acceptors (Lipinski definition) is 5. The average molecular weight is 293 g/mol. The van der Waals surface area contributed by atoms with Crippen molar-refractivity contribution >= 4 is 33.3 Å². The van der Waals surface area contributed by atoms with Crippen LogP contribution in [-0.2, 0) is 4.79 Å². The van der Waals surface area contributed by atoms with Gasteiger partial charge in [-0.2, -0.15) is 0 Å². The van der Waals surface area contributed by atoms with E-state index in [2.05, 4.69) is 9.97 Å². The van der Waals surface area contributed by atoms with Gasteiger partial charge >= 0.3 is 5.97 Å². The maximum atomic E-state index is 11.5. The van der Waals surface area contributed by atoms with Crippen molar-refractivity contribution in [2.45, 2.75) is 40.2 Å². The predicted octanol–water partition coefficient (Wildman–Crippen LogP) is 3.00. The van der Waals surface area contributed by atoms with E-state index in [1.165, 1.54) is 11.2 Å². The molecule has 0 saturated carbocycles. The Balaban J connectivity index is 2.70. The van der Waals surface area contributed by atoms with Gasteiger partial charge in [0.25, 0.3) is 0 Å². The fourth-order valence-corrected chi connectivity index (χ4v) is 3.29. The summed E-state index contributed by atoms with van der Waals surface area (Å²) >= 11 is 1.61. The van der Waals surface area contributed by atoms with Crippen molar-refractivity contribution < 1.29 is 9.90 Å². The lowest BCUT2D eigenvalue weighted by molar-refractivity contribution is -0.142. The number of aromatic nitrogens is 2. The third-order valence-electron chi connectivity index (χ3n) is 3.72. The van der Waals surface area contributed by atoms with E-state index in [1.807, 2.05) is 25.7 Å². The number of hydrogen-bond donors (Lipinski definition) is 1. The predicted molar refractivity (Wildman–Crippen MR) is 81.6 cm³/mol. The van der Waals surface area contributed by atoms with E-state index in [4.69, 9.17) is 0 Å². The molecular weight excluding hydrogens is 274 g/mol. The smallest absolute Gasteiger partial charge is 0.328 e. The zero-order valence-corrected chi connectivity index (χ0v) is 13.2. The van der Waals surface area contributed by atoms with Gasteiger partial charge in [-0.1, -0.05) is 0 Å². The monoisotopic (exact) mass is 293 g/mol. The number of likely N-dealkylation sites (N-methyl/N-ethyl adjacent to an activating group) is 1. The number of fused-ring (bicyclic) bond motifs is 1. The molecule has 108 valence electrons. The van der Waals surface area contributed by atoms with E-state index < -0.39 is 11.5 Å². The Bertz CT molecular complexity index is 664. The van der Waals surface area contributed by atoms with Gasteiger partial charge in [0.15, 0.2) is 0 Å². The summed E-state index contributed by atoms with van der Waals surface area (Å²) < 4.78 is 0. The first kappa shape index (κ1) is 14.7. The molecule has 5 nitrogen and oxygen atoms in total. The molecule has 0 unspecified atom stereocenters. The summed E-state index contributed by atoms with van der Waals surface area (Å²) in [5.74, 6) is -0.164. The zero-order valence-electron chi connectivity index (χ0n) is 12.4. The maximum absolute atomic E-state index is 11.5. The fraction of sp³-hybridized carbons (Fsp3) is 0.500. The molecule has 2 heterocycles. The van der Waals surface area contributed by atoms with Gasteiger partial charge in [0.2, 0.25) is 0 Å². The third-order valence-corrected chi connectivity index (χ3v) is 4.83. The molecule has 0 saturated heterocycles. The number of carboxylic acids is 1. The first-order valence-electron chi connectivity index (χ1n) is 6.52. The first-order chi connectivity index (χ1) is 9.30. The molecule has 20 heavy (non-hydrogen) atoms. The van der Waals surface area contributed by atoms with Crippen LogP contribution in [0.2, 0.25) is 0 Å². The Kier molecular flexibility index (Phi) is 3.69. The van der Waals surface area contributed by atoms with Crippen LogP contribution in [0.1, 0.15) is 31.2 Å². The van der Waals surface area contributed by atoms with Crippen LogP contribution in [0.15, 0.2) is 6.33 Å². The summed E-state index contributed by atoms with van der Waals surface area (Å²) in [5.41, 5.74) is 0.110. The van der Waals surface area contributed by atoms with Crippen LogP contribution in [0.5, 0.6) is 0 Å². The Morgan fingerprint density at radius 2 is 2.05 bits per heavy atom. The second-order valence-electron chi connectivity index (χ2n) is 5.27. The lowest BCUT2D eigenvalue weighted by atomic mass is 10.0. The van der Waals surface area contributed by atoms with Crippen LogP contribution in [-0.4, -0.2) is 33.1 Å². The molecule has 2 rings (SSSR count). The molecule has 0 bridgehead atoms. The minimum Gasteiger partial charge on any atom is -0.480 e. The lowest BCUT2D eigenvalue weighted by Gasteiger charge is -2.35. The van der Waals surface area contributed by atoms with Gasteiger partial charge in [-0.3, -0.25) is 0 Å². The van der Waals surface area contributed by atoms with Crippen molar-refractivity contribution in [1.29, 1.82) is 0 Å². The highest BCUT2D eigenvalue weighted by Gasteiger charge is 2.36. The van der Waals surface area contributed by atoms with Crippen molar-refractivity contribution in [3.63, 3.8) is 0 Å². The number of carbonyl (C=O) groups is 1. The Morgan fingerprint density at radius 1 is 1.40 bits per heavy atom. The highest BCUT2D eigenvalue weighted by Crippen LogP contribution is 2.36. The van der Waals surface area contributed by atoms with Gasteiger partial charge in [0.05, 0.1) is 5.39 Å². The molecule has 0 radical (unpaired) electrons. The molecule has 0 atom stereocenters. The molecule has 6 heteroatoms. The normalized spacial score (nSPS) is 11.8. The van der Waals surface area contributed by atoms with Gasteiger partial charge in [0, 0.05) is 11.4 Å². The van der Waals surface area contributed by atoms with Crippen molar-refractivity contribution in [3.8, 4) is 0 Å². The summed E-state index contributed by atoms with van der Waals surface area (Å²) in [5, 5.41) is 10.4. The van der Waals surface area contributed by atoms with Crippen molar-refractivity contribution in [2.75, 3.05) is 11.4 Å². The topological polar surface area (TPSA) is 66.3 Å². The summed E-state index contributed by atoms with van der Waals surface area (Å²) in [6.45, 7) is 9.97. The fourth-order valence-electron chi connectivity index (χ4n) is 2.29. The second-order valence-corrected chi connectivity index (χ2v) is 6.47. The number of anilines is 1. The quantitative estimate of drug-likeness (QED) is 0.938. The zero-order chi connectivity index (χ0) is 15.1. The minimum absolute atomic E-state index is 0.569. The van der Waals surface area contributed by atoms with E-state index in [0.29, 0.717) is 12.4 Å². The van der Waals surface area contributed by atoms with E-state index in [-0.39, 0.29) is 0 Å². The van der Waals surface area contributed by atoms with Crippen LogP contribution < -0.4 is 4.90 Å². The SMILES string of the molecule is CCN(c1ncnc2sc(C)c(C)c12)C(C)(C)C(=O)O. The van der Waals surface area contributed by atoms with E-state index >= 15 is 0 Å². The summed E-state index contributed by atoms with van der Waals surface area (Å²) in [6, 6.07) is 0. The van der Waals surface area contributed by atoms with E-state index in [0.717, 1.165) is 15.8 Å². The number of carboxylic acid groups (broad SMARTS) is 1. The lowest BCUT2D eigenvalue weighted by Crippen LogP contribution is -2.50. The van der Waals surface area contributed by atoms with Crippen LogP contribution >= 0.6 is 11.3 Å². The number of nitrogens with zero attached hydrogens (tertiary/aromatic N) is 3. The maximum Gasteiger partial charge on any atom is 0.328 e. The molecule has 1 N–H and O–H groups in total. The Labute approximate surface area is 122 Å². The standard InChI is InChI=1S/C14H19N3O2S/c1-6-17(14(4,5)13(18)19)11-10-8(2)9(3)20-12(10)16-7-15-11/h7H,6H2,1-5H3,(H,18,19). The molecule has 0 aliphatic heterocycles. The molecule has 0 amide bonds. The van der Waals surface area contributed by atoms with Gasteiger partial charge in [-0.15, -0.1) is 11.3 Å². The average Bonchev–Trinajstić information content (AvgIpc) is 2.66. The van der Waals surface area contributed by atoms with E-state index in [1.54, 1.807) is 25.2 Å². The number of thiophene rings is 1. The van der Waals surface area contributed by atoms with Crippen molar-refractivity contribution in [3.05, 3.63) is 16.8 Å². The van der Waals surface area contributed by atoms with Crippen molar-refractivity contribution in [1.82, 2.24) is 9.97 Å². The van der Waals surface area contributed by atoms with Crippen LogP contribution in [0.25, 0.3) is 10.2 Å². The summed E-state index contributed by atoms with van der Waals surface area (Å²) in [4.78, 5) is 24.1. The highest BCUT2D eigenvalue weighted by atomic mass is 32.1. The second kappa shape index (κ2) is 5.01. The van der Waals surface area contributed by atoms with Gasteiger partial charge in [-0.05, 0) is 40.2 Å². The summed E-state index contributed by atoms with van der Waals surface area (Å²) in [6.07, 6.45) is 1.51. The molecule has 2 aromatic heterocycles. The molecule has 0 fully saturated rings. The largest absolute Gasteiger partial charge is 0.480 e. The third kappa shape index (κ3) is 2.14. The molecule has 0 spiro atoms. The number of aliphatic carboxylic acids is 1. The van der Waals surface area contributed by atoms with Gasteiger partial charge < -0.3 is 10.0 Å². The molecular formula is C14H19N3O2S. The molecule has 0 aliphatic rings. The number of aryl methyl sites for hydroxylation is 2. The van der Waals surface area contributed by atoms with Crippen molar-refractivity contribution in [2.24, 2.45) is 0 Å². The highest BCUT2D eigenvalue weighted by molar-refractivity contribution is 7.18. The van der Waals surface area contributed by atoms with Crippen LogP contribution in [0.4, 0.5) is 5.82 Å². The van der Waals surface area contributed by atoms with Crippen LogP contribution in [0, 0.1) is 13.8 Å². The Morgan fingerprint density at radius 3 is 2.60 bits per heavy atom. The molecule has 0 aliphatic carbocycles. The summed E-state index contributed by atoms with van der Waals surface area (Å²) in [7, 11) is 0. The minimum atomic E-state index is -1.02. The van der Waals surface area contributed by atoms with Crippen LogP contribution in [0.3, 0.4) is 0 Å². The first-order valence-corrected chi connectivity index (χ1v) is 7.34. The van der Waals surface area contributed by atoms with Gasteiger partial charge in [0.1, 0.15) is 22.5 Å². The van der Waals surface area contributed by atoms with E-state index in [9.17, 15) is 9.90 Å². The molecule has 0 aromatic carbocycles. The number of rotatable bonds is 4. The Hall–Kier alpha value is -1.69.